The van der Waals surface area contributed by atoms with Crippen LogP contribution < -0.4 is 25.7 Å². The van der Waals surface area contributed by atoms with E-state index in [0.29, 0.717) is 39.3 Å². The Morgan fingerprint density at radius 3 is 2.60 bits per heavy atom. The number of carbonyl (C=O) groups is 1. The summed E-state index contributed by atoms with van der Waals surface area (Å²) >= 11 is 0. The van der Waals surface area contributed by atoms with E-state index in [-0.39, 0.29) is 17.9 Å². The lowest BCUT2D eigenvalue weighted by molar-refractivity contribution is 0.0879. The fourth-order valence-corrected chi connectivity index (χ4v) is 4.79. The molecule has 0 fully saturated rings. The van der Waals surface area contributed by atoms with E-state index in [1.165, 1.54) is 16.8 Å². The van der Waals surface area contributed by atoms with Crippen molar-refractivity contribution in [2.45, 2.75) is 19.1 Å². The molecule has 2 atom stereocenters. The number of rotatable bonds is 10. The van der Waals surface area contributed by atoms with Gasteiger partial charge in [-0.05, 0) is 62.0 Å². The van der Waals surface area contributed by atoms with Crippen LogP contribution in [0.25, 0.3) is 16.6 Å². The summed E-state index contributed by atoms with van der Waals surface area (Å²) in [5.41, 5.74) is 1.50. The zero-order valence-corrected chi connectivity index (χ0v) is 23.2. The number of benzene rings is 3. The first-order valence-corrected chi connectivity index (χ1v) is 13.2. The van der Waals surface area contributed by atoms with Gasteiger partial charge in [0.2, 0.25) is 0 Å². The highest BCUT2D eigenvalue weighted by Gasteiger charge is 2.24. The Bertz CT molecular complexity index is 1790. The van der Waals surface area contributed by atoms with Crippen LogP contribution in [-0.4, -0.2) is 52.6 Å². The molecule has 2 heterocycles. The molecule has 0 aliphatic heterocycles. The topological polar surface area (TPSA) is 130 Å². The van der Waals surface area contributed by atoms with Crippen molar-refractivity contribution in [1.29, 1.82) is 0 Å². The highest BCUT2D eigenvalue weighted by atomic mass is 19.1. The molecule has 42 heavy (non-hydrogen) atoms. The summed E-state index contributed by atoms with van der Waals surface area (Å²) in [5, 5.41) is 20.1. The first-order chi connectivity index (χ1) is 20.3. The number of nitrogens with one attached hydrogen (secondary N) is 3. The minimum Gasteiger partial charge on any atom is -0.497 e. The maximum Gasteiger partial charge on any atom is 0.284 e. The molecule has 1 amide bonds. The molecule has 0 spiro atoms. The molecule has 0 saturated heterocycles. The van der Waals surface area contributed by atoms with Gasteiger partial charge in [-0.2, -0.15) is 0 Å². The third-order valence-corrected chi connectivity index (χ3v) is 6.93. The van der Waals surface area contributed by atoms with E-state index in [1.54, 1.807) is 81.9 Å². The number of carbonyl (C=O) groups excluding carboxylic acids is 1. The van der Waals surface area contributed by atoms with Gasteiger partial charge in [0, 0.05) is 29.9 Å². The molecule has 4 N–H and O–H groups in total. The molecular weight excluding hydrogens is 541 g/mol. The number of aryl methyl sites for hydroxylation is 1. The van der Waals surface area contributed by atoms with Crippen molar-refractivity contribution in [2.24, 2.45) is 0 Å². The van der Waals surface area contributed by atoms with E-state index in [1.807, 2.05) is 6.07 Å². The van der Waals surface area contributed by atoms with E-state index in [9.17, 15) is 14.7 Å². The molecule has 11 heteroatoms. The Morgan fingerprint density at radius 1 is 1.10 bits per heavy atom. The lowest BCUT2D eigenvalue weighted by Gasteiger charge is -2.23. The van der Waals surface area contributed by atoms with Crippen molar-refractivity contribution in [2.75, 3.05) is 20.7 Å². The van der Waals surface area contributed by atoms with Gasteiger partial charge in [0.05, 0.1) is 30.5 Å². The second-order valence-corrected chi connectivity index (χ2v) is 9.62. The molecule has 0 aliphatic carbocycles. The summed E-state index contributed by atoms with van der Waals surface area (Å²) in [6.07, 6.45) is 0.427. The number of fused-ring (bicyclic) bond motifs is 1. The van der Waals surface area contributed by atoms with Gasteiger partial charge < -0.3 is 25.2 Å². The predicted molar refractivity (Wildman–Crippen MR) is 156 cm³/mol. The molecule has 5 aromatic rings. The number of pyridine rings is 1. The standard InChI is InChI=1S/C31H30FN5O5/c1-18-28(31(40)37(36-18)20-7-5-4-6-8-20)30(39)35-17-25(38)29(33-2)19-9-12-27(23(32)15-19)42-26-13-14-34-24-16-21(41-3)10-11-22(24)26/h4-16,25,29,33,36,38H,17H2,1-3H3,(H,35,39). The summed E-state index contributed by atoms with van der Waals surface area (Å²) in [5.74, 6) is -0.199. The van der Waals surface area contributed by atoms with E-state index in [2.05, 4.69) is 20.7 Å². The van der Waals surface area contributed by atoms with Gasteiger partial charge in [-0.25, -0.2) is 9.07 Å². The maximum atomic E-state index is 15.2. The highest BCUT2D eigenvalue weighted by molar-refractivity contribution is 5.95. The molecule has 2 aromatic heterocycles. The van der Waals surface area contributed by atoms with Crippen LogP contribution >= 0.6 is 0 Å². The Labute approximate surface area is 240 Å². The second kappa shape index (κ2) is 12.2. The number of methoxy groups -OCH3 is 1. The van der Waals surface area contributed by atoms with Crippen LogP contribution in [0.3, 0.4) is 0 Å². The van der Waals surface area contributed by atoms with Gasteiger partial charge in [-0.15, -0.1) is 0 Å². The number of hydrogen-bond acceptors (Lipinski definition) is 7. The SMILES string of the molecule is CNC(c1ccc(Oc2ccnc3cc(OC)ccc23)c(F)c1)C(O)CNC(=O)c1c(C)[nH]n(-c2ccccc2)c1=O. The number of aromatic nitrogens is 3. The number of halogens is 1. The van der Waals surface area contributed by atoms with Gasteiger partial charge in [-0.1, -0.05) is 24.3 Å². The van der Waals surface area contributed by atoms with Gasteiger partial charge in [0.1, 0.15) is 17.1 Å². The molecule has 0 radical (unpaired) electrons. The van der Waals surface area contributed by atoms with Crippen molar-refractivity contribution in [3.8, 4) is 22.9 Å². The van der Waals surface area contributed by atoms with E-state index in [4.69, 9.17) is 9.47 Å². The number of likely N-dealkylation sites (N-methyl/N-ethyl adjacent to an activating group) is 1. The number of ether oxygens (including phenoxy) is 2. The number of aliphatic hydroxyl groups excluding tert-OH is 1. The second-order valence-electron chi connectivity index (χ2n) is 9.62. The number of amides is 1. The highest BCUT2D eigenvalue weighted by Crippen LogP contribution is 2.33. The molecule has 3 aromatic carbocycles. The largest absolute Gasteiger partial charge is 0.497 e. The predicted octanol–water partition coefficient (Wildman–Crippen LogP) is 4.01. The fourth-order valence-electron chi connectivity index (χ4n) is 4.79. The van der Waals surface area contributed by atoms with Crippen LogP contribution in [0.5, 0.6) is 17.2 Å². The quantitative estimate of drug-likeness (QED) is 0.199. The summed E-state index contributed by atoms with van der Waals surface area (Å²) in [6.45, 7) is 1.44. The van der Waals surface area contributed by atoms with Crippen molar-refractivity contribution in [3.63, 3.8) is 0 Å². The number of H-pyrrole nitrogens is 1. The fraction of sp³-hybridized carbons (Fsp3) is 0.194. The Kier molecular flexibility index (Phi) is 8.32. The van der Waals surface area contributed by atoms with Crippen LogP contribution in [0, 0.1) is 12.7 Å². The van der Waals surface area contributed by atoms with Crippen molar-refractivity contribution < 1.29 is 23.8 Å². The molecule has 0 bridgehead atoms. The lowest BCUT2D eigenvalue weighted by Crippen LogP contribution is -2.41. The van der Waals surface area contributed by atoms with E-state index in [0.717, 1.165) is 0 Å². The molecule has 5 rings (SSSR count). The zero-order valence-electron chi connectivity index (χ0n) is 23.2. The van der Waals surface area contributed by atoms with Gasteiger partial charge in [0.25, 0.3) is 11.5 Å². The average Bonchev–Trinajstić information content (AvgIpc) is 3.31. The first-order valence-electron chi connectivity index (χ1n) is 13.2. The van der Waals surface area contributed by atoms with Crippen LogP contribution in [0.2, 0.25) is 0 Å². The molecular formula is C31H30FN5O5. The van der Waals surface area contributed by atoms with Gasteiger partial charge >= 0.3 is 0 Å². The molecule has 10 nitrogen and oxygen atoms in total. The van der Waals surface area contributed by atoms with Crippen molar-refractivity contribution in [1.82, 2.24) is 25.4 Å². The minimum absolute atomic E-state index is 0.00246. The molecule has 2 unspecified atom stereocenters. The maximum absolute atomic E-state index is 15.2. The third kappa shape index (κ3) is 5.73. The van der Waals surface area contributed by atoms with Gasteiger partial charge in [0.15, 0.2) is 11.6 Å². The van der Waals surface area contributed by atoms with Crippen LogP contribution in [0.15, 0.2) is 83.8 Å². The Balaban J connectivity index is 1.28. The van der Waals surface area contributed by atoms with Gasteiger partial charge in [-0.3, -0.25) is 19.7 Å². The van der Waals surface area contributed by atoms with Crippen molar-refractivity contribution >= 4 is 16.8 Å². The number of aliphatic hydroxyl groups is 1. The van der Waals surface area contributed by atoms with E-state index >= 15 is 4.39 Å². The smallest absolute Gasteiger partial charge is 0.284 e. The average molecular weight is 572 g/mol. The normalized spacial score (nSPS) is 12.6. The number of nitrogens with zero attached hydrogens (tertiary/aromatic N) is 2. The Morgan fingerprint density at radius 2 is 1.88 bits per heavy atom. The summed E-state index contributed by atoms with van der Waals surface area (Å²) in [7, 11) is 3.18. The lowest BCUT2D eigenvalue weighted by atomic mass is 10.0. The van der Waals surface area contributed by atoms with Crippen LogP contribution in [-0.2, 0) is 0 Å². The zero-order chi connectivity index (χ0) is 29.8. The Hall–Kier alpha value is -5.00. The minimum atomic E-state index is -1.14. The summed E-state index contributed by atoms with van der Waals surface area (Å²) < 4.78 is 27.6. The molecule has 0 saturated carbocycles. The van der Waals surface area contributed by atoms with Crippen LogP contribution in [0.1, 0.15) is 27.7 Å². The first kappa shape index (κ1) is 28.5. The monoisotopic (exact) mass is 571 g/mol. The summed E-state index contributed by atoms with van der Waals surface area (Å²) in [6, 6.07) is 19.5. The number of hydrogen-bond donors (Lipinski definition) is 4. The molecule has 0 aliphatic rings. The summed E-state index contributed by atoms with van der Waals surface area (Å²) in [4.78, 5) is 30.2. The number of para-hydroxylation sites is 1. The molecule has 216 valence electrons. The third-order valence-electron chi connectivity index (χ3n) is 6.93. The van der Waals surface area contributed by atoms with E-state index < -0.39 is 29.4 Å². The van der Waals surface area contributed by atoms with Crippen molar-refractivity contribution in [3.05, 3.63) is 112 Å². The van der Waals surface area contributed by atoms with Crippen LogP contribution in [0.4, 0.5) is 4.39 Å². The number of aromatic amines is 1.